The topological polar surface area (TPSA) is 121 Å². The van der Waals surface area contributed by atoms with E-state index in [1.54, 1.807) is 0 Å². The minimum atomic E-state index is -0.478. The predicted octanol–water partition coefficient (Wildman–Crippen LogP) is 13.2. The van der Waals surface area contributed by atoms with Gasteiger partial charge >= 0.3 is 18.0 Å². The molecular formula is C54H88N2O8. The third-order valence-corrected chi connectivity index (χ3v) is 11.1. The van der Waals surface area contributed by atoms with Gasteiger partial charge in [-0.3, -0.25) is 9.59 Å². The number of hydrogen-bond acceptors (Lipinski definition) is 9. The Kier molecular flexibility index (Phi) is 35.9. The minimum absolute atomic E-state index is 0.0319. The summed E-state index contributed by atoms with van der Waals surface area (Å²) in [7, 11) is 0. The van der Waals surface area contributed by atoms with Gasteiger partial charge in [-0.05, 0) is 157 Å². The number of nitrogens with one attached hydrogen (secondary N) is 2. The van der Waals surface area contributed by atoms with E-state index in [9.17, 15) is 14.4 Å². The zero-order valence-corrected chi connectivity index (χ0v) is 40.4. The summed E-state index contributed by atoms with van der Waals surface area (Å²) in [6, 6.07) is 5.60. The van der Waals surface area contributed by atoms with Crippen molar-refractivity contribution < 1.29 is 38.1 Å². The van der Waals surface area contributed by atoms with E-state index in [-0.39, 0.29) is 38.2 Å². The van der Waals surface area contributed by atoms with E-state index >= 15 is 0 Å². The minimum Gasteiger partial charge on any atom is -0.461 e. The van der Waals surface area contributed by atoms with Crippen LogP contribution in [-0.4, -0.2) is 57.2 Å². The van der Waals surface area contributed by atoms with Crippen molar-refractivity contribution >= 4 is 18.0 Å². The third-order valence-electron chi connectivity index (χ3n) is 11.1. The number of carbonyl (C=O) groups excluding carboxylic acids is 3. The normalized spacial score (nSPS) is 14.2. The molecule has 1 atom stereocenters. The van der Waals surface area contributed by atoms with Crippen LogP contribution in [-0.2, 0) is 53.1 Å². The maximum Gasteiger partial charge on any atom is 0.407 e. The van der Waals surface area contributed by atoms with Crippen molar-refractivity contribution in [2.24, 2.45) is 5.92 Å². The Morgan fingerprint density at radius 2 is 1.14 bits per heavy atom. The van der Waals surface area contributed by atoms with Crippen LogP contribution >= 0.6 is 0 Å². The lowest BCUT2D eigenvalue weighted by Gasteiger charge is -2.18. The molecule has 0 saturated carbocycles. The second-order valence-electron chi connectivity index (χ2n) is 17.1. The molecule has 10 nitrogen and oxygen atoms in total. The van der Waals surface area contributed by atoms with E-state index < -0.39 is 12.4 Å². The molecule has 0 spiro atoms. The molecular weight excluding hydrogens is 805 g/mol. The van der Waals surface area contributed by atoms with E-state index in [2.05, 4.69) is 80.0 Å². The summed E-state index contributed by atoms with van der Waals surface area (Å²) in [5.41, 5.74) is 2.19. The van der Waals surface area contributed by atoms with Crippen molar-refractivity contribution in [1.29, 1.82) is 0 Å². The highest BCUT2D eigenvalue weighted by molar-refractivity contribution is 5.70. The quantitative estimate of drug-likeness (QED) is 0.0218. The fraction of sp³-hybridized carbons (Fsp3) is 0.685. The SMILES string of the molecule is CC/C=C\CCCCOC(CCC(=O)OCc1cc(COC(=O)CCCCCCC/C=C\C/C=C\CCCCC)cc(COC(=O)NCCC2CCNC2)c1)OCCCC/C=C\CC. The average Bonchev–Trinajstić information content (AvgIpc) is 3.82. The van der Waals surface area contributed by atoms with Gasteiger partial charge in [0.05, 0.1) is 6.42 Å². The van der Waals surface area contributed by atoms with Gasteiger partial charge < -0.3 is 34.3 Å². The van der Waals surface area contributed by atoms with Crippen LogP contribution in [0, 0.1) is 5.92 Å². The molecule has 362 valence electrons. The molecule has 0 aromatic heterocycles. The van der Waals surface area contributed by atoms with E-state index in [1.807, 2.05) is 18.2 Å². The van der Waals surface area contributed by atoms with Gasteiger partial charge in [-0.2, -0.15) is 0 Å². The van der Waals surface area contributed by atoms with Crippen LogP contribution in [0.4, 0.5) is 4.79 Å². The fourth-order valence-corrected chi connectivity index (χ4v) is 7.36. The number of ether oxygens (including phenoxy) is 5. The third kappa shape index (κ3) is 32.9. The smallest absolute Gasteiger partial charge is 0.407 e. The van der Waals surface area contributed by atoms with Gasteiger partial charge in [-0.15, -0.1) is 0 Å². The summed E-state index contributed by atoms with van der Waals surface area (Å²) in [6.45, 7) is 10.4. The van der Waals surface area contributed by atoms with Crippen molar-refractivity contribution in [2.45, 2.75) is 201 Å². The van der Waals surface area contributed by atoms with E-state index in [0.29, 0.717) is 38.5 Å². The first-order valence-corrected chi connectivity index (χ1v) is 25.3. The number of unbranched alkanes of at least 4 members (excludes halogenated alkanes) is 12. The molecule has 10 heteroatoms. The van der Waals surface area contributed by atoms with E-state index in [1.165, 1.54) is 25.7 Å². The summed E-state index contributed by atoms with van der Waals surface area (Å²) < 4.78 is 29.2. The van der Waals surface area contributed by atoms with Gasteiger partial charge in [0.1, 0.15) is 19.8 Å². The maximum absolute atomic E-state index is 13.0. The first kappa shape index (κ1) is 56.4. The Morgan fingerprint density at radius 1 is 0.625 bits per heavy atom. The predicted molar refractivity (Wildman–Crippen MR) is 261 cm³/mol. The number of esters is 2. The Morgan fingerprint density at radius 3 is 1.70 bits per heavy atom. The Labute approximate surface area is 388 Å². The van der Waals surface area contributed by atoms with Crippen LogP contribution in [0.25, 0.3) is 0 Å². The molecule has 1 aliphatic heterocycles. The molecule has 1 aromatic rings. The Balaban J connectivity index is 1.86. The molecule has 1 aromatic carbocycles. The summed E-state index contributed by atoms with van der Waals surface area (Å²) in [6.07, 6.45) is 40.3. The Bertz CT molecular complexity index is 1430. The van der Waals surface area contributed by atoms with Gasteiger partial charge in [0.25, 0.3) is 0 Å². The van der Waals surface area contributed by atoms with Crippen LogP contribution < -0.4 is 10.6 Å². The summed E-state index contributed by atoms with van der Waals surface area (Å²) >= 11 is 0. The molecule has 1 unspecified atom stereocenters. The highest BCUT2D eigenvalue weighted by Crippen LogP contribution is 2.17. The monoisotopic (exact) mass is 893 g/mol. The summed E-state index contributed by atoms with van der Waals surface area (Å²) in [5.74, 6) is -0.0230. The largest absolute Gasteiger partial charge is 0.461 e. The molecule has 1 saturated heterocycles. The van der Waals surface area contributed by atoms with Crippen LogP contribution in [0.1, 0.15) is 192 Å². The second-order valence-corrected chi connectivity index (χ2v) is 17.1. The molecule has 64 heavy (non-hydrogen) atoms. The van der Waals surface area contributed by atoms with Gasteiger partial charge in [-0.25, -0.2) is 4.79 Å². The van der Waals surface area contributed by atoms with Gasteiger partial charge in [-0.1, -0.05) is 101 Å². The summed E-state index contributed by atoms with van der Waals surface area (Å²) in [5, 5.41) is 6.21. The zero-order chi connectivity index (χ0) is 46.0. The lowest BCUT2D eigenvalue weighted by molar-refractivity contribution is -0.160. The number of benzene rings is 1. The van der Waals surface area contributed by atoms with Crippen LogP contribution in [0.3, 0.4) is 0 Å². The zero-order valence-electron chi connectivity index (χ0n) is 40.4. The molecule has 0 aliphatic carbocycles. The highest BCUT2D eigenvalue weighted by Gasteiger charge is 2.16. The number of amides is 1. The number of hydrogen-bond donors (Lipinski definition) is 2. The number of rotatable bonds is 40. The Hall–Kier alpha value is -3.73. The van der Waals surface area contributed by atoms with Crippen molar-refractivity contribution in [3.63, 3.8) is 0 Å². The molecule has 0 bridgehead atoms. The van der Waals surface area contributed by atoms with Gasteiger partial charge in [0.2, 0.25) is 0 Å². The molecule has 0 radical (unpaired) electrons. The lowest BCUT2D eigenvalue weighted by atomic mass is 10.1. The molecule has 1 aliphatic rings. The molecule has 2 rings (SSSR count). The highest BCUT2D eigenvalue weighted by atomic mass is 16.7. The number of alkyl carbamates (subject to hydrolysis) is 1. The molecule has 1 fully saturated rings. The number of allylic oxidation sites excluding steroid dienone is 8. The van der Waals surface area contributed by atoms with Crippen molar-refractivity contribution in [2.75, 3.05) is 32.8 Å². The average molecular weight is 893 g/mol. The molecule has 1 heterocycles. The van der Waals surface area contributed by atoms with E-state index in [0.717, 1.165) is 139 Å². The molecule has 2 N–H and O–H groups in total. The summed E-state index contributed by atoms with van der Waals surface area (Å²) in [4.78, 5) is 38.3. The first-order valence-electron chi connectivity index (χ1n) is 25.3. The van der Waals surface area contributed by atoms with Crippen LogP contribution in [0.5, 0.6) is 0 Å². The van der Waals surface area contributed by atoms with E-state index in [4.69, 9.17) is 23.7 Å². The first-order chi connectivity index (χ1) is 31.4. The van der Waals surface area contributed by atoms with Crippen LogP contribution in [0.15, 0.2) is 66.8 Å². The van der Waals surface area contributed by atoms with Crippen molar-refractivity contribution in [3.05, 3.63) is 83.5 Å². The van der Waals surface area contributed by atoms with Crippen molar-refractivity contribution in [3.8, 4) is 0 Å². The second kappa shape index (κ2) is 40.8. The van der Waals surface area contributed by atoms with Gasteiger partial charge in [0, 0.05) is 32.6 Å². The van der Waals surface area contributed by atoms with Gasteiger partial charge in [0.15, 0.2) is 6.29 Å². The standard InChI is InChI=1S/C54H88N2O8/c1-4-7-10-13-16-17-18-19-20-21-22-23-24-25-28-31-51(57)62-44-48-40-49(42-50(41-48)46-64-54(59)56-37-35-47-34-36-55-43-47)45-63-52(58)32-33-53(60-38-29-26-14-11-8-5-2)61-39-30-27-15-12-9-6-3/h8-9,11-12,16-17,19-20,40-42,47,53,55H,4-7,10,13-15,18,21-39,43-46H2,1-3H3,(H,56,59)/b11-8-,12-9-,17-16-,20-19-. The molecule has 1 amide bonds. The number of carbonyl (C=O) groups is 3. The van der Waals surface area contributed by atoms with Crippen molar-refractivity contribution in [1.82, 2.24) is 10.6 Å². The fourth-order valence-electron chi connectivity index (χ4n) is 7.36. The maximum atomic E-state index is 13.0. The lowest BCUT2D eigenvalue weighted by Crippen LogP contribution is -2.27. The van der Waals surface area contributed by atoms with Crippen LogP contribution in [0.2, 0.25) is 0 Å².